The van der Waals surface area contributed by atoms with Gasteiger partial charge in [-0.3, -0.25) is 0 Å². The number of hydrogen-bond acceptors (Lipinski definition) is 2. The minimum atomic E-state index is 0.666. The molecule has 0 amide bonds. The van der Waals surface area contributed by atoms with E-state index in [0.29, 0.717) is 12.1 Å². The molecule has 0 saturated heterocycles. The minimum Gasteiger partial charge on any atom is -0.353 e. The fraction of sp³-hybridized carbons (Fsp3) is 0.786. The molecule has 2 atom stereocenters. The van der Waals surface area contributed by atoms with E-state index in [1.807, 2.05) is 0 Å². The first-order valence-electron chi connectivity index (χ1n) is 7.06. The summed E-state index contributed by atoms with van der Waals surface area (Å²) in [5.74, 6) is 1.94. The van der Waals surface area contributed by atoms with Crippen molar-refractivity contribution in [1.29, 1.82) is 0 Å². The van der Waals surface area contributed by atoms with E-state index in [-0.39, 0.29) is 0 Å². The Kier molecular flexibility index (Phi) is 2.85. The van der Waals surface area contributed by atoms with Gasteiger partial charge in [-0.2, -0.15) is 0 Å². The van der Waals surface area contributed by atoms with Gasteiger partial charge in [-0.1, -0.05) is 26.2 Å². The van der Waals surface area contributed by atoms with Crippen LogP contribution in [0.1, 0.15) is 57.2 Å². The van der Waals surface area contributed by atoms with Crippen molar-refractivity contribution in [2.45, 2.75) is 64.5 Å². The molecule has 2 fully saturated rings. The van der Waals surface area contributed by atoms with Crippen molar-refractivity contribution in [3.63, 3.8) is 0 Å². The van der Waals surface area contributed by atoms with E-state index in [0.717, 1.165) is 17.6 Å². The molecule has 0 spiro atoms. The fourth-order valence-electron chi connectivity index (χ4n) is 2.95. The van der Waals surface area contributed by atoms with Gasteiger partial charge in [-0.25, -0.2) is 4.98 Å². The number of rotatable bonds is 3. The SMILES string of the molecule is Cc1cn(C2CCCCC2)c(NC2CC2C)n1. The number of nitrogens with one attached hydrogen (secondary N) is 1. The molecule has 3 rings (SSSR count). The zero-order chi connectivity index (χ0) is 11.8. The second kappa shape index (κ2) is 4.35. The molecule has 2 saturated carbocycles. The standard InChI is InChI=1S/C14H23N3/c1-10-8-13(10)16-14-15-11(2)9-17(14)12-6-4-3-5-7-12/h9-10,12-13H,3-8H2,1-2H3,(H,15,16). The number of hydrogen-bond donors (Lipinski definition) is 1. The number of anilines is 1. The third-order valence-electron chi connectivity index (χ3n) is 4.24. The van der Waals surface area contributed by atoms with Gasteiger partial charge in [0.1, 0.15) is 0 Å². The van der Waals surface area contributed by atoms with Crippen LogP contribution in [0.25, 0.3) is 0 Å². The first-order valence-corrected chi connectivity index (χ1v) is 7.06. The number of imidazole rings is 1. The van der Waals surface area contributed by atoms with Crippen LogP contribution < -0.4 is 5.32 Å². The van der Waals surface area contributed by atoms with Crippen molar-refractivity contribution in [2.75, 3.05) is 5.32 Å². The predicted octanol–water partition coefficient (Wildman–Crippen LogP) is 3.52. The van der Waals surface area contributed by atoms with E-state index in [1.54, 1.807) is 0 Å². The second-order valence-corrected chi connectivity index (χ2v) is 5.87. The van der Waals surface area contributed by atoms with Crippen molar-refractivity contribution >= 4 is 5.95 Å². The summed E-state index contributed by atoms with van der Waals surface area (Å²) in [5.41, 5.74) is 1.14. The molecule has 3 heteroatoms. The minimum absolute atomic E-state index is 0.666. The highest BCUT2D eigenvalue weighted by Gasteiger charge is 2.34. The number of aryl methyl sites for hydroxylation is 1. The summed E-state index contributed by atoms with van der Waals surface area (Å²) < 4.78 is 2.40. The Morgan fingerprint density at radius 3 is 2.65 bits per heavy atom. The summed E-state index contributed by atoms with van der Waals surface area (Å²) >= 11 is 0. The zero-order valence-electron chi connectivity index (χ0n) is 10.9. The van der Waals surface area contributed by atoms with Crippen LogP contribution in [-0.4, -0.2) is 15.6 Å². The molecule has 3 nitrogen and oxygen atoms in total. The lowest BCUT2D eigenvalue weighted by Crippen LogP contribution is -2.16. The van der Waals surface area contributed by atoms with Gasteiger partial charge in [-0.15, -0.1) is 0 Å². The smallest absolute Gasteiger partial charge is 0.203 e. The molecule has 0 aromatic carbocycles. The molecular formula is C14H23N3. The Labute approximate surface area is 104 Å². The normalized spacial score (nSPS) is 29.3. The van der Waals surface area contributed by atoms with Crippen molar-refractivity contribution in [1.82, 2.24) is 9.55 Å². The summed E-state index contributed by atoms with van der Waals surface area (Å²) in [6.07, 6.45) is 10.3. The highest BCUT2D eigenvalue weighted by molar-refractivity contribution is 5.33. The van der Waals surface area contributed by atoms with E-state index < -0.39 is 0 Å². The summed E-state index contributed by atoms with van der Waals surface area (Å²) in [4.78, 5) is 4.65. The van der Waals surface area contributed by atoms with E-state index in [1.165, 1.54) is 38.5 Å². The van der Waals surface area contributed by atoms with Gasteiger partial charge in [0.05, 0.1) is 5.69 Å². The van der Waals surface area contributed by atoms with E-state index in [9.17, 15) is 0 Å². The summed E-state index contributed by atoms with van der Waals surface area (Å²) in [5, 5.41) is 3.60. The van der Waals surface area contributed by atoms with Crippen LogP contribution >= 0.6 is 0 Å². The van der Waals surface area contributed by atoms with Crippen molar-refractivity contribution in [3.8, 4) is 0 Å². The summed E-state index contributed by atoms with van der Waals surface area (Å²) in [7, 11) is 0. The van der Waals surface area contributed by atoms with Gasteiger partial charge < -0.3 is 9.88 Å². The maximum atomic E-state index is 4.65. The molecule has 94 valence electrons. The molecule has 1 heterocycles. The van der Waals surface area contributed by atoms with Gasteiger partial charge in [0, 0.05) is 18.3 Å². The van der Waals surface area contributed by atoms with Crippen LogP contribution in [0.5, 0.6) is 0 Å². The van der Waals surface area contributed by atoms with Crippen LogP contribution in [0.2, 0.25) is 0 Å². The topological polar surface area (TPSA) is 29.9 Å². The molecule has 0 bridgehead atoms. The molecule has 17 heavy (non-hydrogen) atoms. The number of aromatic nitrogens is 2. The molecule has 2 aliphatic carbocycles. The maximum absolute atomic E-state index is 4.65. The third kappa shape index (κ3) is 2.33. The Morgan fingerprint density at radius 2 is 2.00 bits per heavy atom. The highest BCUT2D eigenvalue weighted by Crippen LogP contribution is 2.35. The molecule has 2 unspecified atom stereocenters. The monoisotopic (exact) mass is 233 g/mol. The first kappa shape index (κ1) is 11.1. The van der Waals surface area contributed by atoms with Crippen molar-refractivity contribution < 1.29 is 0 Å². The first-order chi connectivity index (χ1) is 8.24. The Hall–Kier alpha value is -0.990. The molecule has 0 aliphatic heterocycles. The van der Waals surface area contributed by atoms with Crippen LogP contribution in [0.4, 0.5) is 5.95 Å². The van der Waals surface area contributed by atoms with Crippen LogP contribution in [-0.2, 0) is 0 Å². The quantitative estimate of drug-likeness (QED) is 0.865. The molecule has 1 aromatic rings. The summed E-state index contributed by atoms with van der Waals surface area (Å²) in [6.45, 7) is 4.40. The lowest BCUT2D eigenvalue weighted by molar-refractivity contribution is 0.355. The average Bonchev–Trinajstić information content (AvgIpc) is 2.88. The zero-order valence-corrected chi connectivity index (χ0v) is 10.9. The third-order valence-corrected chi connectivity index (χ3v) is 4.24. The molecule has 2 aliphatic rings. The average molecular weight is 233 g/mol. The van der Waals surface area contributed by atoms with Gasteiger partial charge in [0.15, 0.2) is 0 Å². The van der Waals surface area contributed by atoms with E-state index in [2.05, 4.69) is 34.9 Å². The Morgan fingerprint density at radius 1 is 1.29 bits per heavy atom. The van der Waals surface area contributed by atoms with Crippen molar-refractivity contribution in [2.24, 2.45) is 5.92 Å². The van der Waals surface area contributed by atoms with Gasteiger partial charge in [0.2, 0.25) is 5.95 Å². The largest absolute Gasteiger partial charge is 0.353 e. The van der Waals surface area contributed by atoms with Crippen molar-refractivity contribution in [3.05, 3.63) is 11.9 Å². The summed E-state index contributed by atoms with van der Waals surface area (Å²) in [6, 6.07) is 1.35. The Bertz CT molecular complexity index is 390. The number of nitrogens with zero attached hydrogens (tertiary/aromatic N) is 2. The second-order valence-electron chi connectivity index (χ2n) is 5.87. The fourth-order valence-corrected chi connectivity index (χ4v) is 2.95. The van der Waals surface area contributed by atoms with Gasteiger partial charge in [0.25, 0.3) is 0 Å². The molecule has 1 N–H and O–H groups in total. The van der Waals surface area contributed by atoms with E-state index >= 15 is 0 Å². The van der Waals surface area contributed by atoms with E-state index in [4.69, 9.17) is 0 Å². The molecule has 1 aromatic heterocycles. The van der Waals surface area contributed by atoms with Crippen LogP contribution in [0, 0.1) is 12.8 Å². The lowest BCUT2D eigenvalue weighted by atomic mass is 9.95. The van der Waals surface area contributed by atoms with Gasteiger partial charge in [-0.05, 0) is 32.1 Å². The van der Waals surface area contributed by atoms with Crippen LogP contribution in [0.3, 0.4) is 0 Å². The molecule has 0 radical (unpaired) electrons. The Balaban J connectivity index is 1.77. The predicted molar refractivity (Wildman–Crippen MR) is 70.3 cm³/mol. The van der Waals surface area contributed by atoms with Crippen LogP contribution in [0.15, 0.2) is 6.20 Å². The maximum Gasteiger partial charge on any atom is 0.203 e. The molecular weight excluding hydrogens is 210 g/mol. The van der Waals surface area contributed by atoms with Gasteiger partial charge >= 0.3 is 0 Å². The lowest BCUT2D eigenvalue weighted by Gasteiger charge is -2.24. The highest BCUT2D eigenvalue weighted by atomic mass is 15.2.